The quantitative estimate of drug-likeness (QED) is 0.928. The molecule has 0 aliphatic rings. The molecule has 6 nitrogen and oxygen atoms in total. The normalized spacial score (nSPS) is 11.6. The van der Waals surface area contributed by atoms with Crippen molar-refractivity contribution in [2.75, 3.05) is 0 Å². The van der Waals surface area contributed by atoms with E-state index in [1.54, 1.807) is 10.9 Å². The Balaban J connectivity index is 1.98. The Morgan fingerprint density at radius 3 is 2.74 bits per heavy atom. The summed E-state index contributed by atoms with van der Waals surface area (Å²) in [4.78, 5) is 16.2. The van der Waals surface area contributed by atoms with Crippen molar-refractivity contribution in [1.82, 2.24) is 25.3 Å². The van der Waals surface area contributed by atoms with Crippen LogP contribution in [0.1, 0.15) is 42.0 Å². The monoisotopic (exact) mass is 279 g/mol. The molecule has 0 aliphatic heterocycles. The van der Waals surface area contributed by atoms with Gasteiger partial charge in [-0.25, -0.2) is 9.67 Å². The molecule has 7 heteroatoms. The van der Waals surface area contributed by atoms with Gasteiger partial charge in [0, 0.05) is 11.1 Å². The highest BCUT2D eigenvalue weighted by atomic mass is 32.1. The van der Waals surface area contributed by atoms with Gasteiger partial charge in [0.1, 0.15) is 5.01 Å². The molecule has 102 valence electrons. The Hall–Kier alpha value is -1.76. The van der Waals surface area contributed by atoms with Crippen molar-refractivity contribution in [3.8, 4) is 0 Å². The van der Waals surface area contributed by atoms with Gasteiger partial charge in [-0.15, -0.1) is 16.4 Å². The highest BCUT2D eigenvalue weighted by Gasteiger charge is 2.18. The molecule has 0 aromatic carbocycles. The lowest BCUT2D eigenvalue weighted by atomic mass is 10.1. The third-order valence-corrected chi connectivity index (χ3v) is 3.45. The van der Waals surface area contributed by atoms with E-state index in [1.807, 2.05) is 33.1 Å². The van der Waals surface area contributed by atoms with E-state index in [-0.39, 0.29) is 11.4 Å². The number of aryl methyl sites for hydroxylation is 1. The summed E-state index contributed by atoms with van der Waals surface area (Å²) < 4.78 is 1.68. The molecule has 0 unspecified atom stereocenters. The van der Waals surface area contributed by atoms with Crippen molar-refractivity contribution in [2.45, 2.75) is 39.8 Å². The second-order valence-corrected chi connectivity index (χ2v) is 6.23. The summed E-state index contributed by atoms with van der Waals surface area (Å²) in [7, 11) is 0. The largest absolute Gasteiger partial charge is 0.344 e. The average molecular weight is 279 g/mol. The number of nitrogens with one attached hydrogen (secondary N) is 1. The minimum absolute atomic E-state index is 0.183. The molecule has 0 atom stereocenters. The standard InChI is InChI=1S/C12H17N5OS/c1-8-7-19-10(14-8)5-13-11(18)9-6-17(16-15-9)12(2,3)4/h6-7H,5H2,1-4H3,(H,13,18). The highest BCUT2D eigenvalue weighted by Crippen LogP contribution is 2.12. The Morgan fingerprint density at radius 1 is 1.47 bits per heavy atom. The molecule has 0 bridgehead atoms. The minimum Gasteiger partial charge on any atom is -0.344 e. The van der Waals surface area contributed by atoms with E-state index >= 15 is 0 Å². The molecule has 0 fully saturated rings. The molecule has 19 heavy (non-hydrogen) atoms. The molecular formula is C12H17N5OS. The van der Waals surface area contributed by atoms with Gasteiger partial charge in [-0.2, -0.15) is 0 Å². The lowest BCUT2D eigenvalue weighted by molar-refractivity contribution is 0.0945. The summed E-state index contributed by atoms with van der Waals surface area (Å²) in [5.74, 6) is -0.233. The zero-order chi connectivity index (χ0) is 14.0. The van der Waals surface area contributed by atoms with E-state index < -0.39 is 0 Å². The average Bonchev–Trinajstić information content (AvgIpc) is 2.93. The third kappa shape index (κ3) is 3.37. The van der Waals surface area contributed by atoms with Crippen molar-refractivity contribution in [1.29, 1.82) is 0 Å². The second kappa shape index (κ2) is 5.08. The van der Waals surface area contributed by atoms with Crippen LogP contribution >= 0.6 is 11.3 Å². The van der Waals surface area contributed by atoms with Crippen LogP contribution in [0.2, 0.25) is 0 Å². The molecule has 0 aliphatic carbocycles. The molecule has 1 N–H and O–H groups in total. The van der Waals surface area contributed by atoms with E-state index in [9.17, 15) is 4.79 Å². The first-order chi connectivity index (χ1) is 8.86. The summed E-state index contributed by atoms with van der Waals surface area (Å²) in [6, 6.07) is 0. The van der Waals surface area contributed by atoms with Gasteiger partial charge in [0.05, 0.1) is 18.3 Å². The number of hydrogen-bond donors (Lipinski definition) is 1. The van der Waals surface area contributed by atoms with E-state index in [1.165, 1.54) is 11.3 Å². The van der Waals surface area contributed by atoms with Crippen molar-refractivity contribution >= 4 is 17.2 Å². The van der Waals surface area contributed by atoms with E-state index in [0.717, 1.165) is 10.7 Å². The van der Waals surface area contributed by atoms with E-state index in [0.29, 0.717) is 12.2 Å². The number of rotatable bonds is 3. The van der Waals surface area contributed by atoms with Gasteiger partial charge in [0.15, 0.2) is 5.69 Å². The molecule has 0 radical (unpaired) electrons. The lowest BCUT2D eigenvalue weighted by Crippen LogP contribution is -2.24. The summed E-state index contributed by atoms with van der Waals surface area (Å²) in [6.07, 6.45) is 1.66. The minimum atomic E-state index is -0.233. The number of aromatic nitrogens is 4. The van der Waals surface area contributed by atoms with E-state index in [2.05, 4.69) is 20.6 Å². The third-order valence-electron chi connectivity index (χ3n) is 2.48. The molecule has 2 rings (SSSR count). The molecule has 2 heterocycles. The number of carbonyl (C=O) groups is 1. The fraction of sp³-hybridized carbons (Fsp3) is 0.500. The molecule has 0 spiro atoms. The van der Waals surface area contributed by atoms with Crippen LogP contribution in [-0.4, -0.2) is 25.9 Å². The molecule has 0 saturated heterocycles. The van der Waals surface area contributed by atoms with Crippen molar-refractivity contribution in [3.63, 3.8) is 0 Å². The van der Waals surface area contributed by atoms with Gasteiger partial charge >= 0.3 is 0 Å². The van der Waals surface area contributed by atoms with Crippen LogP contribution in [0.3, 0.4) is 0 Å². The Kier molecular flexibility index (Phi) is 3.66. The molecule has 2 aromatic heterocycles. The van der Waals surface area contributed by atoms with Crippen LogP contribution in [-0.2, 0) is 12.1 Å². The molecule has 2 aromatic rings. The molecule has 0 saturated carbocycles. The maximum absolute atomic E-state index is 11.9. The fourth-order valence-electron chi connectivity index (χ4n) is 1.43. The van der Waals surface area contributed by atoms with Crippen LogP contribution < -0.4 is 5.32 Å². The maximum Gasteiger partial charge on any atom is 0.273 e. The number of thiazole rings is 1. The zero-order valence-corrected chi connectivity index (χ0v) is 12.3. The summed E-state index contributed by atoms with van der Waals surface area (Å²) in [5, 5.41) is 13.5. The lowest BCUT2D eigenvalue weighted by Gasteiger charge is -2.17. The van der Waals surface area contributed by atoms with Crippen molar-refractivity contribution in [3.05, 3.63) is 28.0 Å². The SMILES string of the molecule is Cc1csc(CNC(=O)c2cn(C(C)(C)C)nn2)n1. The first-order valence-electron chi connectivity index (χ1n) is 5.98. The predicted molar refractivity (Wildman–Crippen MR) is 73.0 cm³/mol. The van der Waals surface area contributed by atoms with Crippen LogP contribution in [0.5, 0.6) is 0 Å². The number of amides is 1. The number of nitrogens with zero attached hydrogens (tertiary/aromatic N) is 4. The number of carbonyl (C=O) groups excluding carboxylic acids is 1. The predicted octanol–water partition coefficient (Wildman–Crippen LogP) is 1.73. The fourth-order valence-corrected chi connectivity index (χ4v) is 2.14. The van der Waals surface area contributed by atoms with E-state index in [4.69, 9.17) is 0 Å². The zero-order valence-electron chi connectivity index (χ0n) is 11.5. The first kappa shape index (κ1) is 13.7. The molecule has 1 amide bonds. The Labute approximate surface area is 115 Å². The van der Waals surface area contributed by atoms with Gasteiger partial charge in [-0.1, -0.05) is 5.21 Å². The summed E-state index contributed by atoms with van der Waals surface area (Å²) in [5.41, 5.74) is 1.11. The van der Waals surface area contributed by atoms with Crippen LogP contribution in [0, 0.1) is 6.92 Å². The Bertz CT molecular complexity index is 581. The summed E-state index contributed by atoms with van der Waals surface area (Å²) in [6.45, 7) is 8.35. The second-order valence-electron chi connectivity index (χ2n) is 5.28. The topological polar surface area (TPSA) is 72.7 Å². The van der Waals surface area contributed by atoms with Crippen molar-refractivity contribution in [2.24, 2.45) is 0 Å². The maximum atomic E-state index is 11.9. The summed E-state index contributed by atoms with van der Waals surface area (Å²) >= 11 is 1.53. The van der Waals surface area contributed by atoms with Gasteiger partial charge in [0.2, 0.25) is 0 Å². The van der Waals surface area contributed by atoms with Crippen LogP contribution in [0.4, 0.5) is 0 Å². The Morgan fingerprint density at radius 2 is 2.21 bits per heavy atom. The number of hydrogen-bond acceptors (Lipinski definition) is 5. The van der Waals surface area contributed by atoms with Gasteiger partial charge < -0.3 is 5.32 Å². The highest BCUT2D eigenvalue weighted by molar-refractivity contribution is 7.09. The smallest absolute Gasteiger partial charge is 0.273 e. The van der Waals surface area contributed by atoms with Gasteiger partial charge in [-0.05, 0) is 27.7 Å². The van der Waals surface area contributed by atoms with Crippen molar-refractivity contribution < 1.29 is 4.79 Å². The van der Waals surface area contributed by atoms with Gasteiger partial charge in [-0.3, -0.25) is 4.79 Å². The molecular weight excluding hydrogens is 262 g/mol. The van der Waals surface area contributed by atoms with Crippen LogP contribution in [0.25, 0.3) is 0 Å². The van der Waals surface area contributed by atoms with Gasteiger partial charge in [0.25, 0.3) is 5.91 Å². The first-order valence-corrected chi connectivity index (χ1v) is 6.86. The van der Waals surface area contributed by atoms with Crippen LogP contribution in [0.15, 0.2) is 11.6 Å².